The molecule has 92 valence electrons. The Hall–Kier alpha value is -0.850. The molecule has 0 spiro atoms. The molecule has 1 aromatic rings. The van der Waals surface area contributed by atoms with Gasteiger partial charge in [-0.3, -0.25) is 0 Å². The second-order valence-corrected chi connectivity index (χ2v) is 4.72. The Bertz CT molecular complexity index is 420. The molecule has 0 fully saturated rings. The molecule has 1 unspecified atom stereocenters. The summed E-state index contributed by atoms with van der Waals surface area (Å²) in [5.74, 6) is 5.68. The smallest absolute Gasteiger partial charge is 0.128 e. The third-order valence-corrected chi connectivity index (χ3v) is 2.95. The van der Waals surface area contributed by atoms with Crippen LogP contribution >= 0.6 is 15.9 Å². The zero-order valence-corrected chi connectivity index (χ0v) is 11.8. The first kappa shape index (κ1) is 14.2. The van der Waals surface area contributed by atoms with Crippen molar-refractivity contribution in [1.82, 2.24) is 5.32 Å². The van der Waals surface area contributed by atoms with Crippen molar-refractivity contribution in [3.63, 3.8) is 0 Å². The SMILES string of the molecule is CC#CCC(NCCC)c1cc(Br)ccc1F. The van der Waals surface area contributed by atoms with E-state index in [1.165, 1.54) is 6.07 Å². The average Bonchev–Trinajstić information content (AvgIpc) is 2.33. The third kappa shape index (κ3) is 4.49. The lowest BCUT2D eigenvalue weighted by Crippen LogP contribution is -2.22. The van der Waals surface area contributed by atoms with Gasteiger partial charge in [-0.05, 0) is 38.1 Å². The molecule has 0 radical (unpaired) electrons. The molecule has 1 atom stereocenters. The van der Waals surface area contributed by atoms with Crippen LogP contribution in [-0.4, -0.2) is 6.54 Å². The molecule has 17 heavy (non-hydrogen) atoms. The predicted molar refractivity (Wildman–Crippen MR) is 73.2 cm³/mol. The van der Waals surface area contributed by atoms with Crippen molar-refractivity contribution in [3.05, 3.63) is 34.1 Å². The van der Waals surface area contributed by atoms with E-state index in [0.29, 0.717) is 12.0 Å². The van der Waals surface area contributed by atoms with Gasteiger partial charge in [0.1, 0.15) is 5.82 Å². The number of nitrogens with one attached hydrogen (secondary N) is 1. The molecular formula is C14H17BrFN. The minimum absolute atomic E-state index is 0.0418. The lowest BCUT2D eigenvalue weighted by atomic mass is 10.0. The fourth-order valence-electron chi connectivity index (χ4n) is 1.60. The Labute approximate surface area is 111 Å². The van der Waals surface area contributed by atoms with E-state index in [1.807, 2.05) is 6.07 Å². The van der Waals surface area contributed by atoms with Crippen molar-refractivity contribution in [3.8, 4) is 11.8 Å². The highest BCUT2D eigenvalue weighted by atomic mass is 79.9. The van der Waals surface area contributed by atoms with Gasteiger partial charge in [0.2, 0.25) is 0 Å². The minimum atomic E-state index is -0.181. The van der Waals surface area contributed by atoms with Gasteiger partial charge in [-0.1, -0.05) is 22.9 Å². The summed E-state index contributed by atoms with van der Waals surface area (Å²) in [5.41, 5.74) is 0.676. The van der Waals surface area contributed by atoms with Crippen molar-refractivity contribution < 1.29 is 4.39 Å². The maximum absolute atomic E-state index is 13.8. The molecule has 1 aromatic carbocycles. The highest BCUT2D eigenvalue weighted by Crippen LogP contribution is 2.23. The maximum Gasteiger partial charge on any atom is 0.128 e. The van der Waals surface area contributed by atoms with E-state index in [9.17, 15) is 4.39 Å². The summed E-state index contributed by atoms with van der Waals surface area (Å²) in [7, 11) is 0. The van der Waals surface area contributed by atoms with Gasteiger partial charge in [-0.2, -0.15) is 0 Å². The molecule has 3 heteroatoms. The van der Waals surface area contributed by atoms with E-state index in [4.69, 9.17) is 0 Å². The van der Waals surface area contributed by atoms with Gasteiger partial charge in [0.25, 0.3) is 0 Å². The molecule has 0 saturated carbocycles. The predicted octanol–water partition coefficient (Wildman–Crippen LogP) is 4.04. The number of hydrogen-bond acceptors (Lipinski definition) is 1. The molecular weight excluding hydrogens is 281 g/mol. The Morgan fingerprint density at radius 3 is 2.88 bits per heavy atom. The molecule has 1 N–H and O–H groups in total. The Morgan fingerprint density at radius 2 is 2.24 bits per heavy atom. The summed E-state index contributed by atoms with van der Waals surface area (Å²) in [4.78, 5) is 0. The van der Waals surface area contributed by atoms with E-state index in [1.54, 1.807) is 13.0 Å². The first-order chi connectivity index (χ1) is 8.19. The van der Waals surface area contributed by atoms with Crippen molar-refractivity contribution >= 4 is 15.9 Å². The van der Waals surface area contributed by atoms with Gasteiger partial charge < -0.3 is 5.32 Å². The molecule has 0 aromatic heterocycles. The highest BCUT2D eigenvalue weighted by molar-refractivity contribution is 9.10. The lowest BCUT2D eigenvalue weighted by Gasteiger charge is -2.17. The summed E-state index contributed by atoms with van der Waals surface area (Å²) in [5, 5.41) is 3.33. The van der Waals surface area contributed by atoms with Gasteiger partial charge in [0.05, 0.1) is 0 Å². The number of halogens is 2. The number of benzene rings is 1. The molecule has 1 rings (SSSR count). The van der Waals surface area contributed by atoms with E-state index < -0.39 is 0 Å². The minimum Gasteiger partial charge on any atom is -0.309 e. The van der Waals surface area contributed by atoms with Crippen LogP contribution in [0.15, 0.2) is 22.7 Å². The molecule has 0 aliphatic carbocycles. The second-order valence-electron chi connectivity index (χ2n) is 3.80. The topological polar surface area (TPSA) is 12.0 Å². The largest absolute Gasteiger partial charge is 0.309 e. The fraction of sp³-hybridized carbons (Fsp3) is 0.429. The number of hydrogen-bond donors (Lipinski definition) is 1. The monoisotopic (exact) mass is 297 g/mol. The van der Waals surface area contributed by atoms with Crippen molar-refractivity contribution in [1.29, 1.82) is 0 Å². The van der Waals surface area contributed by atoms with Crippen molar-refractivity contribution in [2.45, 2.75) is 32.7 Å². The summed E-state index contributed by atoms with van der Waals surface area (Å²) in [6.07, 6.45) is 1.65. The normalized spacial score (nSPS) is 11.8. The van der Waals surface area contributed by atoms with Crippen LogP contribution in [0.3, 0.4) is 0 Å². The zero-order valence-electron chi connectivity index (χ0n) is 10.2. The summed E-state index contributed by atoms with van der Waals surface area (Å²) < 4.78 is 14.7. The standard InChI is InChI=1S/C14H17BrFN/c1-3-5-6-14(17-9-4-2)12-10-11(15)7-8-13(12)16/h7-8,10,14,17H,4,6,9H2,1-2H3. The Morgan fingerprint density at radius 1 is 1.47 bits per heavy atom. The zero-order chi connectivity index (χ0) is 12.7. The average molecular weight is 298 g/mol. The van der Waals surface area contributed by atoms with Gasteiger partial charge in [0, 0.05) is 22.5 Å². The quantitative estimate of drug-likeness (QED) is 0.809. The highest BCUT2D eigenvalue weighted by Gasteiger charge is 2.14. The lowest BCUT2D eigenvalue weighted by molar-refractivity contribution is 0.506. The fourth-order valence-corrected chi connectivity index (χ4v) is 1.98. The molecule has 0 aliphatic heterocycles. The van der Waals surface area contributed by atoms with E-state index >= 15 is 0 Å². The van der Waals surface area contributed by atoms with Gasteiger partial charge >= 0.3 is 0 Å². The van der Waals surface area contributed by atoms with Crippen LogP contribution in [0, 0.1) is 17.7 Å². The first-order valence-corrected chi connectivity index (χ1v) is 6.56. The van der Waals surface area contributed by atoms with Crippen LogP contribution in [0.2, 0.25) is 0 Å². The molecule has 0 aliphatic rings. The van der Waals surface area contributed by atoms with Crippen LogP contribution < -0.4 is 5.32 Å². The van der Waals surface area contributed by atoms with Gasteiger partial charge in [-0.25, -0.2) is 4.39 Å². The summed E-state index contributed by atoms with van der Waals surface area (Å²) in [6.45, 7) is 4.75. The van der Waals surface area contributed by atoms with Crippen LogP contribution in [0.5, 0.6) is 0 Å². The van der Waals surface area contributed by atoms with Crippen LogP contribution in [-0.2, 0) is 0 Å². The van der Waals surface area contributed by atoms with E-state index in [-0.39, 0.29) is 11.9 Å². The van der Waals surface area contributed by atoms with Crippen LogP contribution in [0.25, 0.3) is 0 Å². The molecule has 0 heterocycles. The Balaban J connectivity index is 2.92. The Kier molecular flexibility index (Phi) is 6.25. The molecule has 0 amide bonds. The summed E-state index contributed by atoms with van der Waals surface area (Å²) in [6, 6.07) is 4.97. The van der Waals surface area contributed by atoms with Crippen LogP contribution in [0.4, 0.5) is 4.39 Å². The van der Waals surface area contributed by atoms with E-state index in [0.717, 1.165) is 17.4 Å². The second kappa shape index (κ2) is 7.47. The number of rotatable bonds is 5. The molecule has 0 bridgehead atoms. The van der Waals surface area contributed by atoms with Crippen molar-refractivity contribution in [2.75, 3.05) is 6.54 Å². The summed E-state index contributed by atoms with van der Waals surface area (Å²) >= 11 is 3.37. The van der Waals surface area contributed by atoms with E-state index in [2.05, 4.69) is 40.0 Å². The van der Waals surface area contributed by atoms with Gasteiger partial charge in [-0.15, -0.1) is 11.8 Å². The van der Waals surface area contributed by atoms with Crippen molar-refractivity contribution in [2.24, 2.45) is 0 Å². The third-order valence-electron chi connectivity index (χ3n) is 2.46. The molecule has 1 nitrogen and oxygen atoms in total. The maximum atomic E-state index is 13.8. The van der Waals surface area contributed by atoms with Gasteiger partial charge in [0.15, 0.2) is 0 Å². The molecule has 0 saturated heterocycles. The first-order valence-electron chi connectivity index (χ1n) is 5.77. The van der Waals surface area contributed by atoms with Crippen LogP contribution in [0.1, 0.15) is 38.3 Å².